The van der Waals surface area contributed by atoms with Crippen molar-refractivity contribution in [2.45, 2.75) is 106 Å². The molecule has 12 heteroatoms. The Morgan fingerprint density at radius 2 is 1.65 bits per heavy atom. The van der Waals surface area contributed by atoms with Gasteiger partial charge >= 0.3 is 12.2 Å². The summed E-state index contributed by atoms with van der Waals surface area (Å²) in [6.07, 6.45) is 4.94. The van der Waals surface area contributed by atoms with Gasteiger partial charge in [0, 0.05) is 36.0 Å². The second kappa shape index (κ2) is 18.7. The van der Waals surface area contributed by atoms with Crippen LogP contribution in [0.1, 0.15) is 94.6 Å². The van der Waals surface area contributed by atoms with Crippen LogP contribution in [-0.2, 0) is 25.3 Å². The van der Waals surface area contributed by atoms with E-state index in [2.05, 4.69) is 18.0 Å². The van der Waals surface area contributed by atoms with Gasteiger partial charge in [0.1, 0.15) is 17.0 Å². The number of halogens is 1. The highest BCUT2D eigenvalue weighted by atomic mass is 35.5. The van der Waals surface area contributed by atoms with Crippen LogP contribution < -0.4 is 5.32 Å². The molecule has 1 aliphatic carbocycles. The maximum absolute atomic E-state index is 12.7. The second-order valence-corrected chi connectivity index (χ2v) is 14.9. The number of ether oxygens (including phenoxy) is 2. The van der Waals surface area contributed by atoms with E-state index in [1.807, 2.05) is 58.9 Å². The van der Waals surface area contributed by atoms with Crippen LogP contribution in [0.4, 0.5) is 9.59 Å². The zero-order valence-corrected chi connectivity index (χ0v) is 31.8. The minimum Gasteiger partial charge on any atom is -0.444 e. The third-order valence-corrected chi connectivity index (χ3v) is 8.44. The van der Waals surface area contributed by atoms with Crippen molar-refractivity contribution in [3.8, 4) is 0 Å². The fraction of sp³-hybridized carbons (Fsp3) is 0.500. The molecule has 3 amide bonds. The third kappa shape index (κ3) is 13.4. The fourth-order valence-corrected chi connectivity index (χ4v) is 6.24. The van der Waals surface area contributed by atoms with Crippen molar-refractivity contribution in [3.63, 3.8) is 0 Å². The minimum atomic E-state index is -1.40. The molecule has 2 N–H and O–H groups in total. The number of benzene rings is 1. The number of rotatable bonds is 7. The molecule has 2 aliphatic rings. The first kappa shape index (κ1) is 42.3. The van der Waals surface area contributed by atoms with E-state index in [1.165, 1.54) is 10.4 Å². The van der Waals surface area contributed by atoms with Crippen LogP contribution in [0.5, 0.6) is 0 Å². The number of alkyl carbamates (subject to hydrolysis) is 1. The first-order valence-electron chi connectivity index (χ1n) is 16.0. The van der Waals surface area contributed by atoms with Gasteiger partial charge in [-0.15, -0.1) is 0 Å². The molecule has 0 saturated carbocycles. The van der Waals surface area contributed by atoms with E-state index in [9.17, 15) is 18.6 Å². The molecule has 0 aromatic heterocycles. The number of amides is 3. The van der Waals surface area contributed by atoms with E-state index in [0.717, 1.165) is 10.5 Å². The number of carbonyl (C=O) groups is 3. The standard InChI is InChI=1S/C21H31N3O4.C13H16ClNO2S.C2H6/c1-15(16-11-9-8-10-12-16)24(19(26)28-21(5,6)7)17(22)13-14-23-18(25)27-20(2,3)4;1-8(2)15-13(16)7-12(18(15)17)10-5-4-9(3)6-11(10)14;1-2/h8-12,22H,1,13-14H2,2-7H3,(H,23,25);4,6-8,10H,5H2,1-3H3;1-2H3. The van der Waals surface area contributed by atoms with E-state index in [1.54, 1.807) is 53.7 Å². The zero-order chi connectivity index (χ0) is 37.0. The van der Waals surface area contributed by atoms with Crippen LogP contribution in [0.3, 0.4) is 0 Å². The Labute approximate surface area is 294 Å². The lowest BCUT2D eigenvalue weighted by Crippen LogP contribution is -2.41. The lowest BCUT2D eigenvalue weighted by atomic mass is 9.96. The van der Waals surface area contributed by atoms with E-state index in [0.29, 0.717) is 27.6 Å². The summed E-state index contributed by atoms with van der Waals surface area (Å²) in [5.74, 6) is -0.350. The molecule has 1 aromatic rings. The van der Waals surface area contributed by atoms with Crippen molar-refractivity contribution >= 4 is 52.2 Å². The summed E-state index contributed by atoms with van der Waals surface area (Å²) in [6.45, 7) is 24.3. The zero-order valence-electron chi connectivity index (χ0n) is 30.2. The Balaban J connectivity index is 0.000000493. The Hall–Kier alpha value is -3.70. The molecule has 2 atom stereocenters. The molecular formula is C36H53ClN4O6S. The number of nitrogens with one attached hydrogen (secondary N) is 2. The summed E-state index contributed by atoms with van der Waals surface area (Å²) in [4.78, 5) is 38.0. The van der Waals surface area contributed by atoms with Crippen LogP contribution in [-0.4, -0.2) is 61.1 Å². The van der Waals surface area contributed by atoms with Crippen LogP contribution in [0.25, 0.3) is 5.70 Å². The molecule has 0 radical (unpaired) electrons. The van der Waals surface area contributed by atoms with Gasteiger partial charge < -0.3 is 14.8 Å². The number of nitrogens with zero attached hydrogens (tertiary/aromatic N) is 2. The van der Waals surface area contributed by atoms with Crippen LogP contribution in [0.2, 0.25) is 0 Å². The predicted molar refractivity (Wildman–Crippen MR) is 195 cm³/mol. The highest BCUT2D eigenvalue weighted by Crippen LogP contribution is 2.37. The number of hydrogen-bond acceptors (Lipinski definition) is 7. The highest BCUT2D eigenvalue weighted by molar-refractivity contribution is 7.87. The van der Waals surface area contributed by atoms with Gasteiger partial charge in [-0.1, -0.05) is 74.0 Å². The molecule has 266 valence electrons. The van der Waals surface area contributed by atoms with Crippen molar-refractivity contribution in [2.75, 3.05) is 6.54 Å². The largest absolute Gasteiger partial charge is 0.444 e. The molecule has 0 saturated heterocycles. The average Bonchev–Trinajstić information content (AvgIpc) is 3.26. The summed E-state index contributed by atoms with van der Waals surface area (Å²) >= 11 is 6.21. The lowest BCUT2D eigenvalue weighted by molar-refractivity contribution is -0.122. The minimum absolute atomic E-state index is 0.0424. The molecule has 10 nitrogen and oxygen atoms in total. The number of amidine groups is 1. The quantitative estimate of drug-likeness (QED) is 0.216. The van der Waals surface area contributed by atoms with E-state index < -0.39 is 34.4 Å². The van der Waals surface area contributed by atoms with E-state index in [4.69, 9.17) is 26.5 Å². The Kier molecular flexibility index (Phi) is 16.5. The van der Waals surface area contributed by atoms with Gasteiger partial charge in [-0.25, -0.2) is 18.7 Å². The molecule has 0 spiro atoms. The molecule has 2 unspecified atom stereocenters. The molecule has 0 fully saturated rings. The summed E-state index contributed by atoms with van der Waals surface area (Å²) in [7, 11) is -1.40. The first-order valence-corrected chi connectivity index (χ1v) is 17.5. The highest BCUT2D eigenvalue weighted by Gasteiger charge is 2.37. The summed E-state index contributed by atoms with van der Waals surface area (Å²) in [5.41, 5.74) is 0.798. The van der Waals surface area contributed by atoms with Crippen LogP contribution >= 0.6 is 11.6 Å². The third-order valence-electron chi connectivity index (χ3n) is 6.30. The molecule has 3 rings (SSSR count). The molecule has 48 heavy (non-hydrogen) atoms. The van der Waals surface area contributed by atoms with Crippen molar-refractivity contribution in [1.82, 2.24) is 14.5 Å². The maximum atomic E-state index is 12.7. The van der Waals surface area contributed by atoms with Gasteiger partial charge in [-0.3, -0.25) is 14.5 Å². The van der Waals surface area contributed by atoms with Gasteiger partial charge in [-0.2, -0.15) is 0 Å². The van der Waals surface area contributed by atoms with Crippen molar-refractivity contribution in [1.29, 1.82) is 5.41 Å². The molecule has 0 bridgehead atoms. The smallest absolute Gasteiger partial charge is 0.420 e. The SMILES string of the molecule is C=C(c1ccccc1)N(C(=N)CCNC(=O)OC(C)(C)C)C(=O)OC(C)(C)C.CC.CC1=CCC(C2=CC(=O)N(C(C)C)S2=O)C(Cl)=C1. The normalized spacial score (nSPS) is 17.4. The van der Waals surface area contributed by atoms with Gasteiger partial charge in [0.25, 0.3) is 5.91 Å². The van der Waals surface area contributed by atoms with E-state index >= 15 is 0 Å². The molecule has 1 aliphatic heterocycles. The Bertz CT molecular complexity index is 1440. The van der Waals surface area contributed by atoms with Crippen molar-refractivity contribution in [2.24, 2.45) is 5.92 Å². The van der Waals surface area contributed by atoms with Crippen molar-refractivity contribution < 1.29 is 28.1 Å². The Morgan fingerprint density at radius 1 is 1.08 bits per heavy atom. The lowest BCUT2D eigenvalue weighted by Gasteiger charge is -2.29. The Morgan fingerprint density at radius 3 is 2.12 bits per heavy atom. The van der Waals surface area contributed by atoms with Crippen LogP contribution in [0.15, 0.2) is 70.6 Å². The summed E-state index contributed by atoms with van der Waals surface area (Å²) in [6, 6.07) is 9.02. The maximum Gasteiger partial charge on any atom is 0.420 e. The summed E-state index contributed by atoms with van der Waals surface area (Å²) < 4.78 is 24.3. The second-order valence-electron chi connectivity index (χ2n) is 13.1. The molecular weight excluding hydrogens is 652 g/mol. The van der Waals surface area contributed by atoms with Gasteiger partial charge in [0.15, 0.2) is 11.0 Å². The van der Waals surface area contributed by atoms with E-state index in [-0.39, 0.29) is 36.7 Å². The van der Waals surface area contributed by atoms with Crippen molar-refractivity contribution in [3.05, 3.63) is 76.2 Å². The predicted octanol–water partition coefficient (Wildman–Crippen LogP) is 8.69. The van der Waals surface area contributed by atoms with Gasteiger partial charge in [-0.05, 0) is 80.4 Å². The topological polar surface area (TPSA) is 129 Å². The number of hydrogen-bond donors (Lipinski definition) is 2. The molecule has 1 aromatic carbocycles. The average molecular weight is 705 g/mol. The summed E-state index contributed by atoms with van der Waals surface area (Å²) in [5, 5.41) is 11.6. The molecule has 1 heterocycles. The van der Waals surface area contributed by atoms with Crippen LogP contribution in [0, 0.1) is 11.3 Å². The number of carbonyl (C=O) groups excluding carboxylic acids is 3. The fourth-order valence-electron chi connectivity index (χ4n) is 4.30. The number of allylic oxidation sites excluding steroid dienone is 5. The van der Waals surface area contributed by atoms with Gasteiger partial charge in [0.05, 0.1) is 10.6 Å². The monoisotopic (exact) mass is 704 g/mol. The van der Waals surface area contributed by atoms with Gasteiger partial charge in [0.2, 0.25) is 0 Å². The first-order chi connectivity index (χ1) is 22.2.